The molecule has 1 aliphatic rings. The third kappa shape index (κ3) is 2.89. The summed E-state index contributed by atoms with van der Waals surface area (Å²) in [6.45, 7) is 9.58. The van der Waals surface area contributed by atoms with Gasteiger partial charge in [-0.1, -0.05) is 13.8 Å². The van der Waals surface area contributed by atoms with Gasteiger partial charge in [0.2, 0.25) is 0 Å². The number of aromatic nitrogens is 3. The average molecular weight is 352 g/mol. The van der Waals surface area contributed by atoms with Crippen LogP contribution in [0.4, 0.5) is 0 Å². The van der Waals surface area contributed by atoms with Crippen LogP contribution in [0.1, 0.15) is 59.9 Å². The number of aryl methyl sites for hydroxylation is 2. The summed E-state index contributed by atoms with van der Waals surface area (Å²) in [5, 5.41) is 4.58. The summed E-state index contributed by atoms with van der Waals surface area (Å²) in [5.74, 6) is 0.974. The van der Waals surface area contributed by atoms with Crippen molar-refractivity contribution < 1.29 is 9.21 Å². The Morgan fingerprint density at radius 3 is 2.77 bits per heavy atom. The SMILES string of the molecule is Cc1cc(C)n([C@@H]2CCN(C(=O)c3ccc4oc(C(C)C)nc4c3)C2)n1. The first kappa shape index (κ1) is 16.8. The normalized spacial score (nSPS) is 17.6. The number of benzene rings is 1. The van der Waals surface area contributed by atoms with E-state index >= 15 is 0 Å². The van der Waals surface area contributed by atoms with Crippen LogP contribution in [0.15, 0.2) is 28.7 Å². The summed E-state index contributed by atoms with van der Waals surface area (Å²) in [7, 11) is 0. The molecule has 3 heterocycles. The van der Waals surface area contributed by atoms with E-state index in [1.54, 1.807) is 0 Å². The summed E-state index contributed by atoms with van der Waals surface area (Å²) in [5.41, 5.74) is 4.30. The number of likely N-dealkylation sites (tertiary alicyclic amines) is 1. The largest absolute Gasteiger partial charge is 0.440 e. The third-order valence-corrected chi connectivity index (χ3v) is 4.99. The van der Waals surface area contributed by atoms with Gasteiger partial charge in [-0.2, -0.15) is 5.10 Å². The highest BCUT2D eigenvalue weighted by atomic mass is 16.3. The lowest BCUT2D eigenvalue weighted by atomic mass is 10.2. The number of carbonyl (C=O) groups excluding carboxylic acids is 1. The second kappa shape index (κ2) is 6.27. The topological polar surface area (TPSA) is 64.2 Å². The van der Waals surface area contributed by atoms with Crippen LogP contribution in [-0.4, -0.2) is 38.7 Å². The zero-order chi connectivity index (χ0) is 18.4. The molecule has 0 bridgehead atoms. The minimum Gasteiger partial charge on any atom is -0.440 e. The van der Waals surface area contributed by atoms with E-state index in [9.17, 15) is 4.79 Å². The van der Waals surface area contributed by atoms with E-state index in [0.717, 1.165) is 35.5 Å². The Hall–Kier alpha value is -2.63. The second-order valence-electron chi connectivity index (χ2n) is 7.45. The lowest BCUT2D eigenvalue weighted by Gasteiger charge is -2.17. The maximum absolute atomic E-state index is 12.9. The molecule has 1 amide bonds. The van der Waals surface area contributed by atoms with Crippen molar-refractivity contribution in [3.63, 3.8) is 0 Å². The first-order valence-electron chi connectivity index (χ1n) is 9.15. The van der Waals surface area contributed by atoms with E-state index in [0.29, 0.717) is 18.0 Å². The molecule has 1 aliphatic heterocycles. The Balaban J connectivity index is 1.54. The fraction of sp³-hybridized carbons (Fsp3) is 0.450. The number of oxazole rings is 1. The number of rotatable bonds is 3. The van der Waals surface area contributed by atoms with Crippen LogP contribution < -0.4 is 0 Å². The van der Waals surface area contributed by atoms with Crippen LogP contribution in [0.5, 0.6) is 0 Å². The summed E-state index contributed by atoms with van der Waals surface area (Å²) >= 11 is 0. The number of nitrogens with zero attached hydrogens (tertiary/aromatic N) is 4. The monoisotopic (exact) mass is 352 g/mol. The number of hydrogen-bond donors (Lipinski definition) is 0. The van der Waals surface area contributed by atoms with Crippen LogP contribution >= 0.6 is 0 Å². The van der Waals surface area contributed by atoms with Crippen LogP contribution in [-0.2, 0) is 0 Å². The highest BCUT2D eigenvalue weighted by molar-refractivity contribution is 5.97. The third-order valence-electron chi connectivity index (χ3n) is 4.99. The standard InChI is InChI=1S/C20H24N4O2/c1-12(2)19-21-17-10-15(5-6-18(17)26-19)20(25)23-8-7-16(11-23)24-14(4)9-13(3)22-24/h5-6,9-10,12,16H,7-8,11H2,1-4H3/t16-/m1/s1. The second-order valence-corrected chi connectivity index (χ2v) is 7.45. The van der Waals surface area contributed by atoms with E-state index in [2.05, 4.69) is 27.8 Å². The average Bonchev–Trinajstić information content (AvgIpc) is 3.31. The molecular formula is C20H24N4O2. The number of hydrogen-bond acceptors (Lipinski definition) is 4. The van der Waals surface area contributed by atoms with Gasteiger partial charge in [-0.15, -0.1) is 0 Å². The molecule has 0 unspecified atom stereocenters. The molecule has 0 saturated carbocycles. The van der Waals surface area contributed by atoms with Gasteiger partial charge in [0.1, 0.15) is 5.52 Å². The van der Waals surface area contributed by atoms with Gasteiger partial charge in [0, 0.05) is 30.3 Å². The smallest absolute Gasteiger partial charge is 0.254 e. The van der Waals surface area contributed by atoms with Gasteiger partial charge in [-0.05, 0) is 44.5 Å². The minimum atomic E-state index is 0.0463. The van der Waals surface area contributed by atoms with Crippen molar-refractivity contribution in [1.29, 1.82) is 0 Å². The molecule has 3 aromatic rings. The molecular weight excluding hydrogens is 328 g/mol. The number of fused-ring (bicyclic) bond motifs is 1. The zero-order valence-corrected chi connectivity index (χ0v) is 15.7. The maximum Gasteiger partial charge on any atom is 0.254 e. The summed E-state index contributed by atoms with van der Waals surface area (Å²) in [6, 6.07) is 7.84. The van der Waals surface area contributed by atoms with E-state index < -0.39 is 0 Å². The number of amides is 1. The summed E-state index contributed by atoms with van der Waals surface area (Å²) in [4.78, 5) is 19.4. The van der Waals surface area contributed by atoms with E-state index in [4.69, 9.17) is 4.42 Å². The van der Waals surface area contributed by atoms with Crippen molar-refractivity contribution in [2.45, 2.75) is 46.1 Å². The van der Waals surface area contributed by atoms with Crippen LogP contribution in [0, 0.1) is 13.8 Å². The Morgan fingerprint density at radius 2 is 2.08 bits per heavy atom. The molecule has 1 saturated heterocycles. The van der Waals surface area contributed by atoms with E-state index in [-0.39, 0.29) is 17.9 Å². The van der Waals surface area contributed by atoms with Crippen LogP contribution in [0.3, 0.4) is 0 Å². The van der Waals surface area contributed by atoms with Crippen LogP contribution in [0.25, 0.3) is 11.1 Å². The van der Waals surface area contributed by atoms with Gasteiger partial charge in [0.05, 0.1) is 11.7 Å². The molecule has 6 heteroatoms. The summed E-state index contributed by atoms with van der Waals surface area (Å²) < 4.78 is 7.79. The van der Waals surface area contributed by atoms with Crippen LogP contribution in [0.2, 0.25) is 0 Å². The lowest BCUT2D eigenvalue weighted by molar-refractivity contribution is 0.0787. The molecule has 1 aromatic carbocycles. The lowest BCUT2D eigenvalue weighted by Crippen LogP contribution is -2.29. The first-order valence-corrected chi connectivity index (χ1v) is 9.15. The van der Waals surface area contributed by atoms with Gasteiger partial charge in [-0.3, -0.25) is 9.48 Å². The van der Waals surface area contributed by atoms with Crippen molar-refractivity contribution in [3.05, 3.63) is 47.1 Å². The van der Waals surface area contributed by atoms with Crippen molar-refractivity contribution >= 4 is 17.0 Å². The zero-order valence-electron chi connectivity index (χ0n) is 15.7. The fourth-order valence-electron chi connectivity index (χ4n) is 3.65. The molecule has 0 radical (unpaired) electrons. The van der Waals surface area contributed by atoms with E-state index in [1.807, 2.05) is 43.9 Å². The van der Waals surface area contributed by atoms with Gasteiger partial charge in [0.15, 0.2) is 11.5 Å². The van der Waals surface area contributed by atoms with Crippen molar-refractivity contribution in [1.82, 2.24) is 19.7 Å². The van der Waals surface area contributed by atoms with Gasteiger partial charge in [-0.25, -0.2) is 4.98 Å². The fourth-order valence-corrected chi connectivity index (χ4v) is 3.65. The molecule has 0 N–H and O–H groups in total. The quantitative estimate of drug-likeness (QED) is 0.718. The summed E-state index contributed by atoms with van der Waals surface area (Å²) in [6.07, 6.45) is 0.928. The first-order chi connectivity index (χ1) is 12.4. The predicted molar refractivity (Wildman–Crippen MR) is 99.4 cm³/mol. The molecule has 2 aromatic heterocycles. The minimum absolute atomic E-state index is 0.0463. The molecule has 0 aliphatic carbocycles. The van der Waals surface area contributed by atoms with Crippen molar-refractivity contribution in [2.24, 2.45) is 0 Å². The highest BCUT2D eigenvalue weighted by Gasteiger charge is 2.29. The molecule has 6 nitrogen and oxygen atoms in total. The molecule has 4 rings (SSSR count). The Labute approximate surface area is 152 Å². The van der Waals surface area contributed by atoms with Crippen molar-refractivity contribution in [2.75, 3.05) is 13.1 Å². The molecule has 0 spiro atoms. The molecule has 1 fully saturated rings. The van der Waals surface area contributed by atoms with Crippen molar-refractivity contribution in [3.8, 4) is 0 Å². The van der Waals surface area contributed by atoms with Gasteiger partial charge < -0.3 is 9.32 Å². The Kier molecular flexibility index (Phi) is 4.05. The number of carbonyl (C=O) groups is 1. The highest BCUT2D eigenvalue weighted by Crippen LogP contribution is 2.26. The predicted octanol–water partition coefficient (Wildman–Crippen LogP) is 3.85. The van der Waals surface area contributed by atoms with Gasteiger partial charge in [0.25, 0.3) is 5.91 Å². The Morgan fingerprint density at radius 1 is 1.27 bits per heavy atom. The Bertz CT molecular complexity index is 970. The maximum atomic E-state index is 12.9. The molecule has 136 valence electrons. The molecule has 1 atom stereocenters. The van der Waals surface area contributed by atoms with Gasteiger partial charge >= 0.3 is 0 Å². The van der Waals surface area contributed by atoms with E-state index in [1.165, 1.54) is 0 Å². The molecule has 26 heavy (non-hydrogen) atoms.